The van der Waals surface area contributed by atoms with Crippen molar-refractivity contribution in [3.8, 4) is 5.88 Å². The molecule has 3 unspecified atom stereocenters. The van der Waals surface area contributed by atoms with Crippen molar-refractivity contribution in [3.05, 3.63) is 24.4 Å². The van der Waals surface area contributed by atoms with Crippen LogP contribution in [0.2, 0.25) is 0 Å². The van der Waals surface area contributed by atoms with Crippen molar-refractivity contribution < 1.29 is 19.0 Å². The molecule has 3 rings (SSSR count). The van der Waals surface area contributed by atoms with E-state index in [2.05, 4.69) is 4.98 Å². The average molecular weight is 306 g/mol. The van der Waals surface area contributed by atoms with Gasteiger partial charge in [-0.25, -0.2) is 4.98 Å². The Labute approximate surface area is 130 Å². The van der Waals surface area contributed by atoms with Crippen molar-refractivity contribution in [2.45, 2.75) is 25.0 Å². The van der Waals surface area contributed by atoms with Crippen molar-refractivity contribution in [3.63, 3.8) is 0 Å². The van der Waals surface area contributed by atoms with Crippen molar-refractivity contribution >= 4 is 5.91 Å². The molecule has 2 aliphatic rings. The monoisotopic (exact) mass is 306 g/mol. The predicted octanol–water partition coefficient (Wildman–Crippen LogP) is 1.11. The van der Waals surface area contributed by atoms with E-state index in [0.717, 1.165) is 12.8 Å². The van der Waals surface area contributed by atoms with Crippen molar-refractivity contribution in [2.24, 2.45) is 5.92 Å². The lowest BCUT2D eigenvalue weighted by Gasteiger charge is -2.37. The van der Waals surface area contributed by atoms with Gasteiger partial charge in [-0.15, -0.1) is 0 Å². The molecule has 6 heteroatoms. The largest absolute Gasteiger partial charge is 0.477 e. The molecule has 0 spiro atoms. The first-order valence-corrected chi connectivity index (χ1v) is 7.71. The lowest BCUT2D eigenvalue weighted by atomic mass is 10.1. The van der Waals surface area contributed by atoms with E-state index in [9.17, 15) is 4.79 Å². The normalized spacial score (nSPS) is 27.5. The van der Waals surface area contributed by atoms with E-state index >= 15 is 0 Å². The van der Waals surface area contributed by atoms with E-state index < -0.39 is 0 Å². The number of hydrogen-bond donors (Lipinski definition) is 0. The number of rotatable bonds is 5. The predicted molar refractivity (Wildman–Crippen MR) is 79.6 cm³/mol. The van der Waals surface area contributed by atoms with Gasteiger partial charge in [-0.05, 0) is 24.8 Å². The van der Waals surface area contributed by atoms with Gasteiger partial charge in [0.25, 0.3) is 0 Å². The molecule has 0 aromatic carbocycles. The number of hydrogen-bond acceptors (Lipinski definition) is 5. The summed E-state index contributed by atoms with van der Waals surface area (Å²) in [5.41, 5.74) is 0. The van der Waals surface area contributed by atoms with Crippen LogP contribution in [0.15, 0.2) is 24.4 Å². The van der Waals surface area contributed by atoms with Gasteiger partial charge in [0.1, 0.15) is 6.61 Å². The molecule has 120 valence electrons. The molecule has 1 saturated carbocycles. The summed E-state index contributed by atoms with van der Waals surface area (Å²) in [7, 11) is 1.55. The fourth-order valence-electron chi connectivity index (χ4n) is 3.34. The van der Waals surface area contributed by atoms with Crippen LogP contribution in [0.3, 0.4) is 0 Å². The molecule has 1 saturated heterocycles. The third-order valence-electron chi connectivity index (χ3n) is 4.33. The summed E-state index contributed by atoms with van der Waals surface area (Å²) in [5.74, 6) is 1.07. The molecule has 2 heterocycles. The Bertz CT molecular complexity index is 496. The Hall–Kier alpha value is -1.66. The highest BCUT2D eigenvalue weighted by Gasteiger charge is 2.42. The smallest absolute Gasteiger partial charge is 0.248 e. The SMILES string of the molecule is COCC(=O)N1CCOC2CC(COc3ccccn3)CC21. The van der Waals surface area contributed by atoms with Gasteiger partial charge in [-0.1, -0.05) is 6.07 Å². The number of ether oxygens (including phenoxy) is 3. The molecule has 0 bridgehead atoms. The molecule has 1 aliphatic heterocycles. The molecule has 0 radical (unpaired) electrons. The molecular formula is C16H22N2O4. The van der Waals surface area contributed by atoms with Gasteiger partial charge < -0.3 is 19.1 Å². The average Bonchev–Trinajstić information content (AvgIpc) is 2.97. The lowest BCUT2D eigenvalue weighted by Crippen LogP contribution is -2.52. The van der Waals surface area contributed by atoms with Crippen molar-refractivity contribution in [1.29, 1.82) is 0 Å². The van der Waals surface area contributed by atoms with Crippen LogP contribution in [0.1, 0.15) is 12.8 Å². The summed E-state index contributed by atoms with van der Waals surface area (Å²) in [5, 5.41) is 0. The molecule has 3 atom stereocenters. The van der Waals surface area contributed by atoms with E-state index in [4.69, 9.17) is 14.2 Å². The zero-order valence-electron chi connectivity index (χ0n) is 12.8. The van der Waals surface area contributed by atoms with Gasteiger partial charge in [-0.2, -0.15) is 0 Å². The second kappa shape index (κ2) is 7.07. The van der Waals surface area contributed by atoms with Gasteiger partial charge in [0.2, 0.25) is 11.8 Å². The van der Waals surface area contributed by atoms with E-state index in [1.807, 2.05) is 23.1 Å². The minimum Gasteiger partial charge on any atom is -0.477 e. The Morgan fingerprint density at radius 2 is 2.36 bits per heavy atom. The van der Waals surface area contributed by atoms with Gasteiger partial charge >= 0.3 is 0 Å². The highest BCUT2D eigenvalue weighted by Crippen LogP contribution is 2.34. The molecule has 1 amide bonds. The van der Waals surface area contributed by atoms with Crippen LogP contribution in [-0.4, -0.2) is 61.4 Å². The van der Waals surface area contributed by atoms with E-state index in [0.29, 0.717) is 31.6 Å². The summed E-state index contributed by atoms with van der Waals surface area (Å²) in [6, 6.07) is 5.77. The number of fused-ring (bicyclic) bond motifs is 1. The number of methoxy groups -OCH3 is 1. The van der Waals surface area contributed by atoms with Crippen LogP contribution in [0.25, 0.3) is 0 Å². The van der Waals surface area contributed by atoms with Crippen LogP contribution in [-0.2, 0) is 14.3 Å². The quantitative estimate of drug-likeness (QED) is 0.815. The minimum absolute atomic E-state index is 0.0482. The zero-order valence-corrected chi connectivity index (χ0v) is 12.8. The molecule has 2 fully saturated rings. The fraction of sp³-hybridized carbons (Fsp3) is 0.625. The first kappa shape index (κ1) is 15.2. The van der Waals surface area contributed by atoms with Crippen molar-refractivity contribution in [2.75, 3.05) is 33.5 Å². The van der Waals surface area contributed by atoms with Crippen LogP contribution in [0.5, 0.6) is 5.88 Å². The van der Waals surface area contributed by atoms with E-state index in [-0.39, 0.29) is 24.7 Å². The Morgan fingerprint density at radius 3 is 3.14 bits per heavy atom. The maximum absolute atomic E-state index is 12.1. The van der Waals surface area contributed by atoms with Crippen molar-refractivity contribution in [1.82, 2.24) is 9.88 Å². The number of aromatic nitrogens is 1. The van der Waals surface area contributed by atoms with E-state index in [1.165, 1.54) is 0 Å². The number of morpholine rings is 1. The van der Waals surface area contributed by atoms with Gasteiger partial charge in [0.15, 0.2) is 0 Å². The molecule has 1 aromatic rings. The van der Waals surface area contributed by atoms with Crippen LogP contribution < -0.4 is 4.74 Å². The Balaban J connectivity index is 1.56. The van der Waals surface area contributed by atoms with Crippen LogP contribution in [0, 0.1) is 5.92 Å². The summed E-state index contributed by atoms with van der Waals surface area (Å²) < 4.78 is 16.6. The highest BCUT2D eigenvalue weighted by molar-refractivity contribution is 5.78. The maximum Gasteiger partial charge on any atom is 0.248 e. The van der Waals surface area contributed by atoms with Crippen LogP contribution >= 0.6 is 0 Å². The molecular weight excluding hydrogens is 284 g/mol. The van der Waals surface area contributed by atoms with Crippen LogP contribution in [0.4, 0.5) is 0 Å². The molecule has 6 nitrogen and oxygen atoms in total. The first-order chi connectivity index (χ1) is 10.8. The Morgan fingerprint density at radius 1 is 1.45 bits per heavy atom. The third kappa shape index (κ3) is 3.39. The van der Waals surface area contributed by atoms with Gasteiger partial charge in [0, 0.05) is 25.9 Å². The Kier molecular flexibility index (Phi) is 4.90. The molecule has 22 heavy (non-hydrogen) atoms. The van der Waals surface area contributed by atoms with Gasteiger partial charge in [0.05, 0.1) is 25.4 Å². The summed E-state index contributed by atoms with van der Waals surface area (Å²) in [6.45, 7) is 2.00. The van der Waals surface area contributed by atoms with Gasteiger partial charge in [-0.3, -0.25) is 4.79 Å². The number of nitrogens with zero attached hydrogens (tertiary/aromatic N) is 2. The molecule has 0 N–H and O–H groups in total. The number of pyridine rings is 1. The second-order valence-corrected chi connectivity index (χ2v) is 5.81. The first-order valence-electron chi connectivity index (χ1n) is 7.71. The zero-order chi connectivity index (χ0) is 15.4. The maximum atomic E-state index is 12.1. The number of carbonyl (C=O) groups excluding carboxylic acids is 1. The molecule has 1 aromatic heterocycles. The number of amides is 1. The standard InChI is InChI=1S/C16H22N2O4/c1-20-11-16(19)18-6-7-21-14-9-12(8-13(14)18)10-22-15-4-2-3-5-17-15/h2-5,12-14H,6-11H2,1H3. The number of carbonyl (C=O) groups is 1. The topological polar surface area (TPSA) is 60.9 Å². The minimum atomic E-state index is 0.0482. The summed E-state index contributed by atoms with van der Waals surface area (Å²) >= 11 is 0. The second-order valence-electron chi connectivity index (χ2n) is 5.81. The third-order valence-corrected chi connectivity index (χ3v) is 4.33. The highest BCUT2D eigenvalue weighted by atomic mass is 16.5. The fourth-order valence-corrected chi connectivity index (χ4v) is 3.34. The summed E-state index contributed by atoms with van der Waals surface area (Å²) in [4.78, 5) is 18.2. The lowest BCUT2D eigenvalue weighted by molar-refractivity contribution is -0.147. The molecule has 1 aliphatic carbocycles. The van der Waals surface area contributed by atoms with E-state index in [1.54, 1.807) is 13.3 Å². The summed E-state index contributed by atoms with van der Waals surface area (Å²) in [6.07, 6.45) is 3.67.